The van der Waals surface area contributed by atoms with Crippen LogP contribution in [0.2, 0.25) is 0 Å². The standard InChI is InChI=1S/2C20H17BrN4OS.2ClH/c2*21-15-10-17(20(26)25-11-16(22)12-4-2-1-3-5-12)27-18(15)13-6-8-23-19-14(13)7-9-24-19;;/h2*1-10,16H,11,22H2,(H,23,24)(H,25,26);2*1H. The Labute approximate surface area is 360 Å². The van der Waals surface area contributed by atoms with Crippen molar-refractivity contribution in [3.8, 4) is 20.9 Å². The highest BCUT2D eigenvalue weighted by atomic mass is 79.9. The second kappa shape index (κ2) is 19.7. The van der Waals surface area contributed by atoms with Crippen LogP contribution in [0.1, 0.15) is 42.6 Å². The molecule has 0 radical (unpaired) electrons. The quantitative estimate of drug-likeness (QED) is 0.0798. The number of aromatic nitrogens is 4. The summed E-state index contributed by atoms with van der Waals surface area (Å²) >= 11 is 10.1. The molecule has 0 aliphatic rings. The van der Waals surface area contributed by atoms with Gasteiger partial charge in [-0.05, 0) is 79.4 Å². The van der Waals surface area contributed by atoms with Crippen LogP contribution in [0.25, 0.3) is 42.9 Å². The van der Waals surface area contributed by atoms with Gasteiger partial charge in [-0.25, -0.2) is 9.97 Å². The zero-order valence-electron chi connectivity index (χ0n) is 29.4. The van der Waals surface area contributed by atoms with E-state index < -0.39 is 0 Å². The van der Waals surface area contributed by atoms with Crippen molar-refractivity contribution in [2.24, 2.45) is 11.5 Å². The van der Waals surface area contributed by atoms with Gasteiger partial charge < -0.3 is 32.1 Å². The van der Waals surface area contributed by atoms with Gasteiger partial charge in [0.05, 0.1) is 19.5 Å². The average molecular weight is 956 g/mol. The number of amides is 2. The molecule has 8 rings (SSSR count). The number of benzene rings is 2. The molecule has 2 atom stereocenters. The average Bonchev–Trinajstić information content (AvgIpc) is 4.03. The van der Waals surface area contributed by atoms with Crippen LogP contribution in [0.3, 0.4) is 0 Å². The number of nitrogens with one attached hydrogen (secondary N) is 4. The summed E-state index contributed by atoms with van der Waals surface area (Å²) < 4.78 is 1.78. The van der Waals surface area contributed by atoms with Crippen molar-refractivity contribution in [3.05, 3.63) is 152 Å². The van der Waals surface area contributed by atoms with Crippen molar-refractivity contribution in [2.45, 2.75) is 12.1 Å². The minimum atomic E-state index is -0.238. The Balaban J connectivity index is 0.000000207. The lowest BCUT2D eigenvalue weighted by Crippen LogP contribution is -2.31. The van der Waals surface area contributed by atoms with Crippen LogP contribution in [0.15, 0.2) is 131 Å². The summed E-state index contributed by atoms with van der Waals surface area (Å²) in [4.78, 5) is 43.3. The predicted molar refractivity (Wildman–Crippen MR) is 240 cm³/mol. The molecule has 0 spiro atoms. The summed E-state index contributed by atoms with van der Waals surface area (Å²) in [7, 11) is 0. The summed E-state index contributed by atoms with van der Waals surface area (Å²) in [6.45, 7) is 0.760. The monoisotopic (exact) mass is 952 g/mol. The van der Waals surface area contributed by atoms with Gasteiger partial charge in [-0.15, -0.1) is 47.5 Å². The molecule has 8 N–H and O–H groups in total. The maximum Gasteiger partial charge on any atom is 0.261 e. The lowest BCUT2D eigenvalue weighted by Gasteiger charge is -2.12. The van der Waals surface area contributed by atoms with Crippen LogP contribution < -0.4 is 22.1 Å². The topological polar surface area (TPSA) is 168 Å². The number of nitrogens with two attached hydrogens (primary N) is 2. The number of carbonyl (C=O) groups excluding carboxylic acids is 2. The fourth-order valence-electron chi connectivity index (χ4n) is 5.86. The Kier molecular flexibility index (Phi) is 15.0. The molecule has 0 fully saturated rings. The highest BCUT2D eigenvalue weighted by Crippen LogP contribution is 2.40. The van der Waals surface area contributed by atoms with Crippen LogP contribution in [0.5, 0.6) is 0 Å². The van der Waals surface area contributed by atoms with Gasteiger partial charge in [0.2, 0.25) is 0 Å². The lowest BCUT2D eigenvalue weighted by molar-refractivity contribution is 0.0947. The molecule has 2 unspecified atom stereocenters. The van der Waals surface area contributed by atoms with Gasteiger partial charge in [-0.2, -0.15) is 0 Å². The number of H-pyrrole nitrogens is 2. The van der Waals surface area contributed by atoms with Crippen molar-refractivity contribution in [2.75, 3.05) is 13.1 Å². The smallest absolute Gasteiger partial charge is 0.261 e. The molecule has 288 valence electrons. The summed E-state index contributed by atoms with van der Waals surface area (Å²) in [5.74, 6) is -0.254. The van der Waals surface area contributed by atoms with Crippen LogP contribution in [-0.4, -0.2) is 44.8 Å². The van der Waals surface area contributed by atoms with Crippen LogP contribution in [0, 0.1) is 0 Å². The Morgan fingerprint density at radius 1 is 0.625 bits per heavy atom. The van der Waals surface area contributed by atoms with E-state index in [0.717, 1.165) is 63.0 Å². The third-order valence-electron chi connectivity index (χ3n) is 8.65. The van der Waals surface area contributed by atoms with Crippen LogP contribution in [-0.2, 0) is 0 Å². The number of hydrogen-bond donors (Lipinski definition) is 6. The third-order valence-corrected chi connectivity index (χ3v) is 12.8. The number of thiophene rings is 2. The molecule has 0 aliphatic heterocycles. The highest BCUT2D eigenvalue weighted by Gasteiger charge is 2.19. The zero-order valence-corrected chi connectivity index (χ0v) is 35.8. The van der Waals surface area contributed by atoms with Gasteiger partial charge in [0.15, 0.2) is 0 Å². The molecule has 10 nitrogen and oxygen atoms in total. The summed E-state index contributed by atoms with van der Waals surface area (Å²) in [5.41, 5.74) is 18.1. The van der Waals surface area contributed by atoms with Gasteiger partial charge in [0.25, 0.3) is 11.8 Å². The largest absolute Gasteiger partial charge is 0.349 e. The third kappa shape index (κ3) is 9.76. The second-order valence-electron chi connectivity index (χ2n) is 12.2. The van der Waals surface area contributed by atoms with Gasteiger partial charge in [0, 0.05) is 80.8 Å². The lowest BCUT2D eigenvalue weighted by atomic mass is 10.1. The number of nitrogens with zero attached hydrogens (tertiary/aromatic N) is 2. The SMILES string of the molecule is Cl.Cl.NC(CNC(=O)c1cc(Br)c(-c2ccnc3[nH]ccc23)s1)c1ccccc1.NC(CNC(=O)c1cc(Br)c(-c2ccnc3[nH]ccc23)s1)c1ccccc1. The number of fused-ring (bicyclic) bond motifs is 2. The van der Waals surface area contributed by atoms with Gasteiger partial charge in [0.1, 0.15) is 11.3 Å². The first-order valence-corrected chi connectivity index (χ1v) is 20.1. The van der Waals surface area contributed by atoms with E-state index in [-0.39, 0.29) is 48.7 Å². The molecule has 8 aromatic rings. The Morgan fingerprint density at radius 3 is 1.41 bits per heavy atom. The van der Waals surface area contributed by atoms with Gasteiger partial charge in [-0.3, -0.25) is 9.59 Å². The Morgan fingerprint density at radius 2 is 1.02 bits per heavy atom. The van der Waals surface area contributed by atoms with E-state index in [0.29, 0.717) is 22.8 Å². The maximum atomic E-state index is 12.6. The van der Waals surface area contributed by atoms with Crippen molar-refractivity contribution >= 4 is 113 Å². The summed E-state index contributed by atoms with van der Waals surface area (Å²) in [5, 5.41) is 7.91. The molecule has 16 heteroatoms. The minimum Gasteiger partial charge on any atom is -0.349 e. The molecule has 0 bridgehead atoms. The fourth-order valence-corrected chi connectivity index (χ4v) is 9.55. The van der Waals surface area contributed by atoms with E-state index in [4.69, 9.17) is 11.5 Å². The number of halogens is 4. The maximum absolute atomic E-state index is 12.6. The molecule has 56 heavy (non-hydrogen) atoms. The molecular weight excluding hydrogens is 919 g/mol. The molecule has 6 heterocycles. The molecule has 0 aliphatic carbocycles. The molecule has 2 aromatic carbocycles. The normalized spacial score (nSPS) is 11.8. The molecule has 0 saturated heterocycles. The van der Waals surface area contributed by atoms with Crippen molar-refractivity contribution in [3.63, 3.8) is 0 Å². The number of carbonyl (C=O) groups is 2. The van der Waals surface area contributed by atoms with Crippen LogP contribution >= 0.6 is 79.3 Å². The number of hydrogen-bond acceptors (Lipinski definition) is 8. The first-order chi connectivity index (χ1) is 26.3. The zero-order chi connectivity index (χ0) is 37.6. The van der Waals surface area contributed by atoms with E-state index in [9.17, 15) is 9.59 Å². The van der Waals surface area contributed by atoms with Gasteiger partial charge in [-0.1, -0.05) is 60.7 Å². The van der Waals surface area contributed by atoms with Gasteiger partial charge >= 0.3 is 0 Å². The van der Waals surface area contributed by atoms with E-state index in [1.807, 2.05) is 109 Å². The van der Waals surface area contributed by atoms with E-state index >= 15 is 0 Å². The Hall–Kier alpha value is -4.38. The number of pyridine rings is 2. The predicted octanol–water partition coefficient (Wildman–Crippen LogP) is 9.81. The van der Waals surface area contributed by atoms with E-state index in [2.05, 4.69) is 62.4 Å². The molecular formula is C40H36Br2Cl2N8O2S2. The number of aromatic amines is 2. The number of rotatable bonds is 10. The molecule has 0 saturated carbocycles. The first-order valence-electron chi connectivity index (χ1n) is 16.9. The van der Waals surface area contributed by atoms with Crippen molar-refractivity contribution in [1.29, 1.82) is 0 Å². The molecule has 2 amide bonds. The van der Waals surface area contributed by atoms with E-state index in [1.165, 1.54) is 22.7 Å². The Bertz CT molecular complexity index is 2370. The minimum absolute atomic E-state index is 0. The van der Waals surface area contributed by atoms with Crippen LogP contribution in [0.4, 0.5) is 0 Å². The summed E-state index contributed by atoms with van der Waals surface area (Å²) in [6.07, 6.45) is 7.25. The highest BCUT2D eigenvalue weighted by molar-refractivity contribution is 9.11. The summed E-state index contributed by atoms with van der Waals surface area (Å²) in [6, 6.07) is 30.6. The second-order valence-corrected chi connectivity index (χ2v) is 16.0. The van der Waals surface area contributed by atoms with Crippen molar-refractivity contribution in [1.82, 2.24) is 30.6 Å². The first kappa shape index (κ1) is 42.8. The fraction of sp³-hybridized carbons (Fsp3) is 0.100. The molecule has 6 aromatic heterocycles. The van der Waals surface area contributed by atoms with Crippen molar-refractivity contribution < 1.29 is 9.59 Å². The van der Waals surface area contributed by atoms with E-state index in [1.54, 1.807) is 12.4 Å².